The van der Waals surface area contributed by atoms with Gasteiger partial charge in [-0.05, 0) is 42.8 Å². The van der Waals surface area contributed by atoms with Crippen LogP contribution in [0, 0.1) is 6.92 Å². The van der Waals surface area contributed by atoms with Crippen molar-refractivity contribution in [3.8, 4) is 5.75 Å². The van der Waals surface area contributed by atoms with Gasteiger partial charge in [-0.15, -0.1) is 0 Å². The number of rotatable bonds is 3. The Hall–Kier alpha value is -2.01. The number of hydrogen-bond acceptors (Lipinski definition) is 3. The average Bonchev–Trinajstić information content (AvgIpc) is 2.37. The molecular weight excluding hydrogens is 320 g/mol. The Bertz CT molecular complexity index is 636. The Morgan fingerprint density at radius 3 is 2.65 bits per heavy atom. The van der Waals surface area contributed by atoms with Gasteiger partial charge in [-0.1, -0.05) is 15.9 Å². The molecule has 0 aromatic heterocycles. The fourth-order valence-corrected chi connectivity index (χ4v) is 2.51. The summed E-state index contributed by atoms with van der Waals surface area (Å²) in [4.78, 5) is 12.3. The van der Waals surface area contributed by atoms with Gasteiger partial charge in [0.25, 0.3) is 5.91 Å². The van der Waals surface area contributed by atoms with E-state index in [4.69, 9.17) is 10.5 Å². The van der Waals surface area contributed by atoms with Crippen LogP contribution >= 0.6 is 15.9 Å². The molecule has 2 rings (SSSR count). The highest BCUT2D eigenvalue weighted by Gasteiger charge is 2.13. The molecule has 2 aromatic rings. The summed E-state index contributed by atoms with van der Waals surface area (Å²) in [6.07, 6.45) is 0. The fraction of sp³-hybridized carbons (Fsp3) is 0.133. The van der Waals surface area contributed by atoms with Crippen LogP contribution in [-0.4, -0.2) is 13.0 Å². The van der Waals surface area contributed by atoms with Crippen LogP contribution in [0.3, 0.4) is 0 Å². The number of amides is 1. The summed E-state index contributed by atoms with van der Waals surface area (Å²) >= 11 is 3.40. The number of hydrogen-bond donors (Lipinski definition) is 2. The molecule has 0 heterocycles. The molecule has 20 heavy (non-hydrogen) atoms. The summed E-state index contributed by atoms with van der Waals surface area (Å²) in [7, 11) is 1.51. The Morgan fingerprint density at radius 1 is 1.25 bits per heavy atom. The molecule has 1 amide bonds. The number of nitrogens with one attached hydrogen (secondary N) is 1. The van der Waals surface area contributed by atoms with Crippen molar-refractivity contribution in [3.63, 3.8) is 0 Å². The van der Waals surface area contributed by atoms with E-state index in [1.165, 1.54) is 7.11 Å². The molecule has 0 atom stereocenters. The van der Waals surface area contributed by atoms with Crippen LogP contribution in [0.5, 0.6) is 5.75 Å². The van der Waals surface area contributed by atoms with Gasteiger partial charge in [0, 0.05) is 21.9 Å². The second-order valence-corrected chi connectivity index (χ2v) is 5.35. The van der Waals surface area contributed by atoms with Crippen LogP contribution < -0.4 is 15.8 Å². The van der Waals surface area contributed by atoms with Gasteiger partial charge in [0.15, 0.2) is 0 Å². The molecule has 0 radical (unpaired) electrons. The Kier molecular flexibility index (Phi) is 4.29. The van der Waals surface area contributed by atoms with Crippen molar-refractivity contribution in [2.75, 3.05) is 18.2 Å². The molecule has 0 fully saturated rings. The maximum absolute atomic E-state index is 12.3. The number of carbonyl (C=O) groups excluding carboxylic acids is 1. The molecule has 0 aliphatic heterocycles. The van der Waals surface area contributed by atoms with Crippen molar-refractivity contribution in [2.45, 2.75) is 6.92 Å². The van der Waals surface area contributed by atoms with Gasteiger partial charge in [-0.3, -0.25) is 4.79 Å². The largest absolute Gasteiger partial charge is 0.496 e. The number of nitrogen functional groups attached to an aromatic ring is 1. The lowest BCUT2D eigenvalue weighted by atomic mass is 10.1. The van der Waals surface area contributed by atoms with Crippen LogP contribution in [0.4, 0.5) is 11.4 Å². The summed E-state index contributed by atoms with van der Waals surface area (Å²) in [6, 6.07) is 10.7. The van der Waals surface area contributed by atoms with Crippen molar-refractivity contribution in [1.29, 1.82) is 0 Å². The third-order valence-corrected chi connectivity index (χ3v) is 3.23. The van der Waals surface area contributed by atoms with Crippen molar-refractivity contribution >= 4 is 33.2 Å². The number of carbonyl (C=O) groups is 1. The second kappa shape index (κ2) is 5.96. The van der Waals surface area contributed by atoms with E-state index in [1.807, 2.05) is 25.1 Å². The number of methoxy groups -OCH3 is 1. The fourth-order valence-electron chi connectivity index (χ4n) is 1.90. The molecule has 104 valence electrons. The van der Waals surface area contributed by atoms with Crippen LogP contribution in [0.2, 0.25) is 0 Å². The second-order valence-electron chi connectivity index (χ2n) is 4.43. The van der Waals surface area contributed by atoms with Gasteiger partial charge in [-0.25, -0.2) is 0 Å². The number of halogens is 1. The molecule has 4 nitrogen and oxygen atoms in total. The third kappa shape index (κ3) is 3.30. The number of ether oxygens (including phenoxy) is 1. The average molecular weight is 335 g/mol. The molecule has 5 heteroatoms. The highest BCUT2D eigenvalue weighted by Crippen LogP contribution is 2.24. The summed E-state index contributed by atoms with van der Waals surface area (Å²) in [5.74, 6) is 0.216. The molecule has 0 saturated carbocycles. The van der Waals surface area contributed by atoms with Crippen molar-refractivity contribution in [1.82, 2.24) is 0 Å². The van der Waals surface area contributed by atoms with Gasteiger partial charge in [-0.2, -0.15) is 0 Å². The highest BCUT2D eigenvalue weighted by molar-refractivity contribution is 9.10. The zero-order chi connectivity index (χ0) is 14.7. The predicted molar refractivity (Wildman–Crippen MR) is 84.2 cm³/mol. The Morgan fingerprint density at radius 2 is 2.00 bits per heavy atom. The minimum Gasteiger partial charge on any atom is -0.496 e. The summed E-state index contributed by atoms with van der Waals surface area (Å²) in [5.41, 5.74) is 8.45. The zero-order valence-corrected chi connectivity index (χ0v) is 12.8. The normalized spacial score (nSPS) is 10.2. The Labute approximate surface area is 126 Å². The lowest BCUT2D eigenvalue weighted by Gasteiger charge is -2.11. The molecular formula is C15H15BrN2O2. The minimum atomic E-state index is -0.237. The number of aryl methyl sites for hydroxylation is 1. The van der Waals surface area contributed by atoms with Gasteiger partial charge < -0.3 is 15.8 Å². The molecule has 3 N–H and O–H groups in total. The Balaban J connectivity index is 2.28. The third-order valence-electron chi connectivity index (χ3n) is 2.77. The number of nitrogens with two attached hydrogens (primary N) is 1. The molecule has 0 spiro atoms. The highest BCUT2D eigenvalue weighted by atomic mass is 79.9. The van der Waals surface area contributed by atoms with Crippen LogP contribution in [-0.2, 0) is 0 Å². The topological polar surface area (TPSA) is 64.3 Å². The first-order valence-electron chi connectivity index (χ1n) is 6.01. The van der Waals surface area contributed by atoms with E-state index in [0.29, 0.717) is 17.0 Å². The first-order valence-corrected chi connectivity index (χ1v) is 6.81. The van der Waals surface area contributed by atoms with Gasteiger partial charge in [0.1, 0.15) is 5.75 Å². The quantitative estimate of drug-likeness (QED) is 0.843. The van der Waals surface area contributed by atoms with Gasteiger partial charge in [0.2, 0.25) is 0 Å². The van der Waals surface area contributed by atoms with E-state index in [0.717, 1.165) is 15.7 Å². The van der Waals surface area contributed by atoms with E-state index in [2.05, 4.69) is 21.2 Å². The van der Waals surface area contributed by atoms with Gasteiger partial charge >= 0.3 is 0 Å². The van der Waals surface area contributed by atoms with E-state index in [1.54, 1.807) is 18.2 Å². The monoisotopic (exact) mass is 334 g/mol. The number of benzene rings is 2. The van der Waals surface area contributed by atoms with Crippen molar-refractivity contribution in [3.05, 3.63) is 52.0 Å². The maximum atomic E-state index is 12.3. The first kappa shape index (κ1) is 14.4. The molecule has 0 bridgehead atoms. The summed E-state index contributed by atoms with van der Waals surface area (Å²) < 4.78 is 6.10. The molecule has 0 unspecified atom stereocenters. The summed E-state index contributed by atoms with van der Waals surface area (Å²) in [5, 5.41) is 2.84. The van der Waals surface area contributed by atoms with E-state index in [-0.39, 0.29) is 5.91 Å². The molecule has 2 aromatic carbocycles. The lowest BCUT2D eigenvalue weighted by molar-refractivity contribution is 0.102. The molecule has 0 aliphatic carbocycles. The van der Waals surface area contributed by atoms with Crippen molar-refractivity contribution in [2.24, 2.45) is 0 Å². The minimum absolute atomic E-state index is 0.237. The molecule has 0 saturated heterocycles. The number of anilines is 2. The van der Waals surface area contributed by atoms with Crippen LogP contribution in [0.1, 0.15) is 15.9 Å². The smallest absolute Gasteiger partial charge is 0.259 e. The van der Waals surface area contributed by atoms with Crippen molar-refractivity contribution < 1.29 is 9.53 Å². The van der Waals surface area contributed by atoms with E-state index >= 15 is 0 Å². The standard InChI is InChI=1S/C15H15BrN2O2/c1-9-5-10(16)7-12(6-9)18-15(19)13-4-3-11(17)8-14(13)20-2/h3-8H,17H2,1-2H3,(H,18,19). The van der Waals surface area contributed by atoms with E-state index in [9.17, 15) is 4.79 Å². The molecule has 0 aliphatic rings. The van der Waals surface area contributed by atoms with Crippen LogP contribution in [0.25, 0.3) is 0 Å². The van der Waals surface area contributed by atoms with Gasteiger partial charge in [0.05, 0.1) is 12.7 Å². The predicted octanol–water partition coefficient (Wildman–Crippen LogP) is 3.60. The zero-order valence-electron chi connectivity index (χ0n) is 11.2. The first-order chi connectivity index (χ1) is 9.49. The van der Waals surface area contributed by atoms with E-state index < -0.39 is 0 Å². The SMILES string of the molecule is COc1cc(N)ccc1C(=O)Nc1cc(C)cc(Br)c1. The van der Waals surface area contributed by atoms with Crippen LogP contribution in [0.15, 0.2) is 40.9 Å². The summed E-state index contributed by atoms with van der Waals surface area (Å²) in [6.45, 7) is 1.96. The maximum Gasteiger partial charge on any atom is 0.259 e. The lowest BCUT2D eigenvalue weighted by Crippen LogP contribution is -2.13.